The maximum absolute atomic E-state index is 10.7. The molecular formula is C13H27O3. The molecule has 1 radical (unpaired) electrons. The number of aliphatic hydroxyl groups excluding tert-OH is 1. The number of unbranched alkanes of at least 4 members (excludes halogenated alkanes) is 5. The van der Waals surface area contributed by atoms with Gasteiger partial charge in [0.15, 0.2) is 0 Å². The molecule has 3 heteroatoms. The molecule has 0 aliphatic carbocycles. The third-order valence-corrected chi connectivity index (χ3v) is 2.55. The van der Waals surface area contributed by atoms with E-state index in [1.165, 1.54) is 32.1 Å². The summed E-state index contributed by atoms with van der Waals surface area (Å²) in [6.07, 6.45) is 7.09. The monoisotopic (exact) mass is 231 g/mol. The fourth-order valence-corrected chi connectivity index (χ4v) is 1.61. The number of hydrogen-bond donors (Lipinski definition) is 1. The quantitative estimate of drug-likeness (QED) is 0.556. The maximum atomic E-state index is 10.7. The average molecular weight is 231 g/mol. The number of aliphatic hydroxyl groups is 1. The molecule has 97 valence electrons. The van der Waals surface area contributed by atoms with E-state index in [4.69, 9.17) is 4.74 Å². The van der Waals surface area contributed by atoms with Crippen molar-refractivity contribution < 1.29 is 14.9 Å². The largest absolute Gasteiger partial charge is 0.391 e. The Balaban J connectivity index is 3.14. The Kier molecular flexibility index (Phi) is 11.3. The first-order chi connectivity index (χ1) is 7.66. The van der Waals surface area contributed by atoms with Crippen LogP contribution < -0.4 is 0 Å². The summed E-state index contributed by atoms with van der Waals surface area (Å²) in [5.74, 6) is 0. The van der Waals surface area contributed by atoms with Gasteiger partial charge in [0.05, 0.1) is 19.3 Å². The van der Waals surface area contributed by atoms with Crippen LogP contribution >= 0.6 is 0 Å². The summed E-state index contributed by atoms with van der Waals surface area (Å²) in [7, 11) is 0. The second-order valence-corrected chi connectivity index (χ2v) is 4.56. The van der Waals surface area contributed by atoms with Crippen LogP contribution in [0, 0.1) is 0 Å². The summed E-state index contributed by atoms with van der Waals surface area (Å²) in [4.78, 5) is 0. The molecule has 0 aromatic carbocycles. The van der Waals surface area contributed by atoms with E-state index in [0.717, 1.165) is 12.8 Å². The highest BCUT2D eigenvalue weighted by atomic mass is 16.5. The molecule has 0 amide bonds. The first-order valence-corrected chi connectivity index (χ1v) is 6.58. The molecule has 2 atom stereocenters. The fraction of sp³-hybridized carbons (Fsp3) is 1.00. The minimum Gasteiger partial charge on any atom is -0.391 e. The van der Waals surface area contributed by atoms with Crippen molar-refractivity contribution in [1.29, 1.82) is 0 Å². The molecular weight excluding hydrogens is 204 g/mol. The summed E-state index contributed by atoms with van der Waals surface area (Å²) >= 11 is 0. The lowest BCUT2D eigenvalue weighted by Gasteiger charge is -2.11. The SMILES string of the molecule is CCCCCCCCC(O)COCC(C)[O]. The van der Waals surface area contributed by atoms with Crippen molar-refractivity contribution in [2.75, 3.05) is 13.2 Å². The van der Waals surface area contributed by atoms with Crippen molar-refractivity contribution in [2.24, 2.45) is 0 Å². The third kappa shape index (κ3) is 12.0. The van der Waals surface area contributed by atoms with E-state index in [2.05, 4.69) is 6.92 Å². The number of ether oxygens (including phenoxy) is 1. The van der Waals surface area contributed by atoms with Crippen molar-refractivity contribution in [1.82, 2.24) is 0 Å². The predicted octanol–water partition coefficient (Wildman–Crippen LogP) is 2.93. The third-order valence-electron chi connectivity index (χ3n) is 2.55. The molecule has 0 bridgehead atoms. The molecule has 0 aliphatic rings. The Bertz CT molecular complexity index is 137. The van der Waals surface area contributed by atoms with E-state index in [1.54, 1.807) is 6.92 Å². The second-order valence-electron chi connectivity index (χ2n) is 4.56. The molecule has 0 aromatic heterocycles. The molecule has 0 spiro atoms. The molecule has 3 nitrogen and oxygen atoms in total. The first kappa shape index (κ1) is 15.9. The molecule has 16 heavy (non-hydrogen) atoms. The van der Waals surface area contributed by atoms with E-state index in [9.17, 15) is 10.2 Å². The maximum Gasteiger partial charge on any atom is 0.113 e. The normalized spacial score (nSPS) is 15.0. The molecule has 0 aromatic rings. The Morgan fingerprint density at radius 2 is 1.69 bits per heavy atom. The molecule has 0 heterocycles. The molecule has 1 N–H and O–H groups in total. The van der Waals surface area contributed by atoms with Crippen molar-refractivity contribution in [3.05, 3.63) is 0 Å². The smallest absolute Gasteiger partial charge is 0.113 e. The van der Waals surface area contributed by atoms with Gasteiger partial charge in [0.25, 0.3) is 0 Å². The van der Waals surface area contributed by atoms with E-state index in [1.807, 2.05) is 0 Å². The van der Waals surface area contributed by atoms with Crippen LogP contribution in [-0.2, 0) is 9.84 Å². The van der Waals surface area contributed by atoms with Crippen LogP contribution in [0.2, 0.25) is 0 Å². The van der Waals surface area contributed by atoms with Crippen LogP contribution in [0.15, 0.2) is 0 Å². The summed E-state index contributed by atoms with van der Waals surface area (Å²) in [5, 5.41) is 20.2. The van der Waals surface area contributed by atoms with E-state index in [-0.39, 0.29) is 6.61 Å². The van der Waals surface area contributed by atoms with Gasteiger partial charge in [-0.05, 0) is 13.3 Å². The highest BCUT2D eigenvalue weighted by Gasteiger charge is 2.05. The summed E-state index contributed by atoms with van der Waals surface area (Å²) in [5.41, 5.74) is 0. The molecule has 0 aliphatic heterocycles. The lowest BCUT2D eigenvalue weighted by atomic mass is 10.1. The van der Waals surface area contributed by atoms with E-state index >= 15 is 0 Å². The minimum absolute atomic E-state index is 0.202. The van der Waals surface area contributed by atoms with Gasteiger partial charge >= 0.3 is 0 Å². The molecule has 0 fully saturated rings. The van der Waals surface area contributed by atoms with Crippen LogP contribution in [-0.4, -0.2) is 30.5 Å². The highest BCUT2D eigenvalue weighted by Crippen LogP contribution is 2.08. The van der Waals surface area contributed by atoms with Crippen molar-refractivity contribution in [2.45, 2.75) is 71.0 Å². The Labute approximate surface area is 99.8 Å². The standard InChI is InChI=1S/C13H27O3/c1-3-4-5-6-7-8-9-13(15)11-16-10-12(2)14/h12-13,15H,3-11H2,1-2H3. The summed E-state index contributed by atoms with van der Waals surface area (Å²) in [6.45, 7) is 4.29. The first-order valence-electron chi connectivity index (χ1n) is 6.58. The number of hydrogen-bond acceptors (Lipinski definition) is 2. The van der Waals surface area contributed by atoms with Gasteiger partial charge in [-0.25, -0.2) is 5.11 Å². The predicted molar refractivity (Wildman–Crippen MR) is 65.0 cm³/mol. The van der Waals surface area contributed by atoms with Crippen molar-refractivity contribution in [3.8, 4) is 0 Å². The van der Waals surface area contributed by atoms with Gasteiger partial charge < -0.3 is 9.84 Å². The fourth-order valence-electron chi connectivity index (χ4n) is 1.61. The summed E-state index contributed by atoms with van der Waals surface area (Å²) in [6, 6.07) is 0. The van der Waals surface area contributed by atoms with Crippen LogP contribution in [0.1, 0.15) is 58.8 Å². The molecule has 0 saturated carbocycles. The topological polar surface area (TPSA) is 49.4 Å². The highest BCUT2D eigenvalue weighted by molar-refractivity contribution is 4.55. The summed E-state index contributed by atoms with van der Waals surface area (Å²) < 4.78 is 5.09. The molecule has 0 saturated heterocycles. The zero-order chi connectivity index (χ0) is 12.2. The van der Waals surface area contributed by atoms with Gasteiger partial charge in [-0.15, -0.1) is 0 Å². The van der Waals surface area contributed by atoms with Gasteiger partial charge in [-0.1, -0.05) is 45.4 Å². The number of rotatable bonds is 11. The van der Waals surface area contributed by atoms with E-state index < -0.39 is 12.2 Å². The average Bonchev–Trinajstić information content (AvgIpc) is 2.22. The Morgan fingerprint density at radius 3 is 2.31 bits per heavy atom. The van der Waals surface area contributed by atoms with Crippen LogP contribution in [0.3, 0.4) is 0 Å². The zero-order valence-corrected chi connectivity index (χ0v) is 10.8. The minimum atomic E-state index is -0.693. The van der Waals surface area contributed by atoms with Crippen molar-refractivity contribution >= 4 is 0 Å². The van der Waals surface area contributed by atoms with Gasteiger partial charge in [0.1, 0.15) is 6.10 Å². The Hall–Kier alpha value is -0.120. The van der Waals surface area contributed by atoms with Crippen LogP contribution in [0.5, 0.6) is 0 Å². The van der Waals surface area contributed by atoms with Gasteiger partial charge in [-0.2, -0.15) is 0 Å². The lowest BCUT2D eigenvalue weighted by molar-refractivity contribution is -0.0259. The van der Waals surface area contributed by atoms with Gasteiger partial charge in [-0.3, -0.25) is 0 Å². The van der Waals surface area contributed by atoms with Crippen LogP contribution in [0.25, 0.3) is 0 Å². The van der Waals surface area contributed by atoms with Gasteiger partial charge in [0.2, 0.25) is 0 Å². The zero-order valence-electron chi connectivity index (χ0n) is 10.8. The lowest BCUT2D eigenvalue weighted by Crippen LogP contribution is -2.19. The van der Waals surface area contributed by atoms with E-state index in [0.29, 0.717) is 6.61 Å². The second kappa shape index (κ2) is 11.4. The van der Waals surface area contributed by atoms with Crippen molar-refractivity contribution in [3.63, 3.8) is 0 Å². The van der Waals surface area contributed by atoms with Gasteiger partial charge in [0, 0.05) is 0 Å². The van der Waals surface area contributed by atoms with Crippen LogP contribution in [0.4, 0.5) is 0 Å². The Morgan fingerprint density at radius 1 is 1.06 bits per heavy atom. The molecule has 0 rings (SSSR count). The molecule has 2 unspecified atom stereocenters.